The predicted octanol–water partition coefficient (Wildman–Crippen LogP) is 2.53. The smallest absolute Gasteiger partial charge is 0.141 e. The number of pyridine rings is 1. The molecular formula is C15H22FN3. The van der Waals surface area contributed by atoms with Gasteiger partial charge >= 0.3 is 0 Å². The molecule has 0 aromatic carbocycles. The maximum Gasteiger partial charge on any atom is 0.141 e. The first-order valence-electron chi connectivity index (χ1n) is 6.39. The Hall–Kier alpha value is -1.52. The van der Waals surface area contributed by atoms with Crippen molar-refractivity contribution in [3.63, 3.8) is 0 Å². The van der Waals surface area contributed by atoms with E-state index in [0.717, 1.165) is 19.6 Å². The Labute approximate surface area is 114 Å². The molecule has 0 aliphatic rings. The Morgan fingerprint density at radius 2 is 2.00 bits per heavy atom. The summed E-state index contributed by atoms with van der Waals surface area (Å²) in [4.78, 5) is 6.24. The largest absolute Gasteiger partial charge is 0.322 e. The molecule has 4 heteroatoms. The summed E-state index contributed by atoms with van der Waals surface area (Å²) < 4.78 is 12.8. The Morgan fingerprint density at radius 1 is 1.37 bits per heavy atom. The lowest BCUT2D eigenvalue weighted by atomic mass is 9.98. The first-order valence-corrected chi connectivity index (χ1v) is 6.39. The number of halogens is 1. The van der Waals surface area contributed by atoms with E-state index >= 15 is 0 Å². The van der Waals surface area contributed by atoms with Gasteiger partial charge in [-0.1, -0.05) is 19.1 Å². The second-order valence-corrected chi connectivity index (χ2v) is 4.70. The van der Waals surface area contributed by atoms with Crippen LogP contribution in [0.25, 0.3) is 0 Å². The molecule has 0 saturated heterocycles. The van der Waals surface area contributed by atoms with Crippen molar-refractivity contribution in [2.45, 2.75) is 13.0 Å². The summed E-state index contributed by atoms with van der Waals surface area (Å²) in [7, 11) is 0. The van der Waals surface area contributed by atoms with Crippen LogP contribution >= 0.6 is 0 Å². The van der Waals surface area contributed by atoms with E-state index in [1.54, 1.807) is 6.07 Å². The first kappa shape index (κ1) is 15.5. The van der Waals surface area contributed by atoms with Crippen molar-refractivity contribution in [2.75, 3.05) is 19.6 Å². The zero-order valence-corrected chi connectivity index (χ0v) is 11.4. The molecule has 2 N–H and O–H groups in total. The van der Waals surface area contributed by atoms with Gasteiger partial charge in [-0.15, -0.1) is 13.2 Å². The van der Waals surface area contributed by atoms with Gasteiger partial charge in [0.15, 0.2) is 0 Å². The highest BCUT2D eigenvalue weighted by molar-refractivity contribution is 5.10. The van der Waals surface area contributed by atoms with Crippen LogP contribution in [0.2, 0.25) is 0 Å². The average Bonchev–Trinajstić information content (AvgIpc) is 2.39. The molecule has 104 valence electrons. The highest BCUT2D eigenvalue weighted by atomic mass is 19.1. The van der Waals surface area contributed by atoms with Gasteiger partial charge in [0.05, 0.1) is 17.9 Å². The van der Waals surface area contributed by atoms with Crippen molar-refractivity contribution < 1.29 is 4.39 Å². The van der Waals surface area contributed by atoms with Gasteiger partial charge in [0.1, 0.15) is 5.82 Å². The minimum Gasteiger partial charge on any atom is -0.322 e. The molecule has 1 aromatic heterocycles. The standard InChI is InChI=1S/C15H22FN3/c1-4-8-19(9-5-2)11-12(3)15(17)14-7-6-13(16)10-18-14/h4-7,10,12,15H,1-2,8-9,11,17H2,3H3. The van der Waals surface area contributed by atoms with Gasteiger partial charge in [-0.3, -0.25) is 9.88 Å². The fourth-order valence-electron chi connectivity index (χ4n) is 1.99. The summed E-state index contributed by atoms with van der Waals surface area (Å²) in [6.07, 6.45) is 4.92. The van der Waals surface area contributed by atoms with E-state index in [2.05, 4.69) is 30.0 Å². The van der Waals surface area contributed by atoms with E-state index < -0.39 is 0 Å². The van der Waals surface area contributed by atoms with Crippen LogP contribution in [0.5, 0.6) is 0 Å². The predicted molar refractivity (Wildman–Crippen MR) is 77.1 cm³/mol. The molecule has 0 radical (unpaired) electrons. The van der Waals surface area contributed by atoms with Gasteiger partial charge in [0.2, 0.25) is 0 Å². The van der Waals surface area contributed by atoms with Crippen molar-refractivity contribution in [1.29, 1.82) is 0 Å². The van der Waals surface area contributed by atoms with Crippen LogP contribution in [-0.4, -0.2) is 29.5 Å². The molecule has 0 spiro atoms. The van der Waals surface area contributed by atoms with Crippen LogP contribution in [0.15, 0.2) is 43.6 Å². The number of rotatable bonds is 8. The van der Waals surface area contributed by atoms with Gasteiger partial charge in [-0.05, 0) is 18.1 Å². The van der Waals surface area contributed by atoms with E-state index in [4.69, 9.17) is 5.73 Å². The monoisotopic (exact) mass is 263 g/mol. The molecule has 2 unspecified atom stereocenters. The van der Waals surface area contributed by atoms with Crippen molar-refractivity contribution >= 4 is 0 Å². The summed E-state index contributed by atoms with van der Waals surface area (Å²) in [5.41, 5.74) is 6.88. The number of hydrogen-bond donors (Lipinski definition) is 1. The SMILES string of the molecule is C=CCN(CC=C)CC(C)C(N)c1ccc(F)cn1. The zero-order chi connectivity index (χ0) is 14.3. The molecule has 3 nitrogen and oxygen atoms in total. The van der Waals surface area contributed by atoms with Crippen LogP contribution in [0, 0.1) is 11.7 Å². The maximum atomic E-state index is 12.8. The normalized spacial score (nSPS) is 14.1. The van der Waals surface area contributed by atoms with E-state index in [0.29, 0.717) is 5.69 Å². The number of aromatic nitrogens is 1. The molecule has 2 atom stereocenters. The molecule has 1 heterocycles. The van der Waals surface area contributed by atoms with Crippen molar-refractivity contribution in [3.8, 4) is 0 Å². The summed E-state index contributed by atoms with van der Waals surface area (Å²) in [6, 6.07) is 2.82. The van der Waals surface area contributed by atoms with Crippen molar-refractivity contribution in [3.05, 3.63) is 55.2 Å². The van der Waals surface area contributed by atoms with Gasteiger partial charge < -0.3 is 5.73 Å². The second-order valence-electron chi connectivity index (χ2n) is 4.70. The van der Waals surface area contributed by atoms with Crippen LogP contribution in [0.3, 0.4) is 0 Å². The molecular weight excluding hydrogens is 241 g/mol. The topological polar surface area (TPSA) is 42.1 Å². The minimum absolute atomic E-state index is 0.206. The Balaban J connectivity index is 2.64. The fourth-order valence-corrected chi connectivity index (χ4v) is 1.99. The third-order valence-corrected chi connectivity index (χ3v) is 3.03. The molecule has 0 amide bonds. The number of nitrogens with zero attached hydrogens (tertiary/aromatic N) is 2. The van der Waals surface area contributed by atoms with Gasteiger partial charge in [0.25, 0.3) is 0 Å². The summed E-state index contributed by atoms with van der Waals surface area (Å²) in [5, 5.41) is 0. The van der Waals surface area contributed by atoms with E-state index in [1.165, 1.54) is 12.3 Å². The number of nitrogens with two attached hydrogens (primary N) is 1. The number of hydrogen-bond acceptors (Lipinski definition) is 3. The lowest BCUT2D eigenvalue weighted by molar-refractivity contribution is 0.262. The third kappa shape index (κ3) is 4.93. The van der Waals surface area contributed by atoms with E-state index in [9.17, 15) is 4.39 Å². The summed E-state index contributed by atoms with van der Waals surface area (Å²) >= 11 is 0. The van der Waals surface area contributed by atoms with Gasteiger partial charge in [0, 0.05) is 19.6 Å². The lowest BCUT2D eigenvalue weighted by Gasteiger charge is -2.26. The molecule has 0 aliphatic carbocycles. The van der Waals surface area contributed by atoms with Crippen LogP contribution in [0.1, 0.15) is 18.7 Å². The molecule has 0 saturated carbocycles. The van der Waals surface area contributed by atoms with Gasteiger partial charge in [-0.25, -0.2) is 4.39 Å². The maximum absolute atomic E-state index is 12.8. The minimum atomic E-state index is -0.344. The van der Waals surface area contributed by atoms with E-state index in [1.807, 2.05) is 12.2 Å². The molecule has 19 heavy (non-hydrogen) atoms. The molecule has 1 aromatic rings. The van der Waals surface area contributed by atoms with E-state index in [-0.39, 0.29) is 17.8 Å². The Morgan fingerprint density at radius 3 is 2.47 bits per heavy atom. The van der Waals surface area contributed by atoms with Crippen molar-refractivity contribution in [1.82, 2.24) is 9.88 Å². The third-order valence-electron chi connectivity index (χ3n) is 3.03. The van der Waals surface area contributed by atoms with Gasteiger partial charge in [-0.2, -0.15) is 0 Å². The highest BCUT2D eigenvalue weighted by Gasteiger charge is 2.18. The highest BCUT2D eigenvalue weighted by Crippen LogP contribution is 2.18. The fraction of sp³-hybridized carbons (Fsp3) is 0.400. The van der Waals surface area contributed by atoms with Crippen molar-refractivity contribution in [2.24, 2.45) is 11.7 Å². The molecule has 0 fully saturated rings. The molecule has 0 bridgehead atoms. The molecule has 0 aliphatic heterocycles. The quantitative estimate of drug-likeness (QED) is 0.733. The average molecular weight is 263 g/mol. The summed E-state index contributed by atoms with van der Waals surface area (Å²) in [6.45, 7) is 11.9. The Bertz CT molecular complexity index is 392. The van der Waals surface area contributed by atoms with Crippen LogP contribution < -0.4 is 5.73 Å². The Kier molecular flexibility index (Phi) is 6.39. The van der Waals surface area contributed by atoms with Crippen LogP contribution in [0.4, 0.5) is 4.39 Å². The van der Waals surface area contributed by atoms with Crippen LogP contribution in [-0.2, 0) is 0 Å². The second kappa shape index (κ2) is 7.81. The first-order chi connectivity index (χ1) is 9.08. The molecule has 1 rings (SSSR count). The zero-order valence-electron chi connectivity index (χ0n) is 11.4. The summed E-state index contributed by atoms with van der Waals surface area (Å²) in [5.74, 6) is -0.138. The lowest BCUT2D eigenvalue weighted by Crippen LogP contribution is -2.34.